The van der Waals surface area contributed by atoms with Crippen molar-refractivity contribution < 1.29 is 30.7 Å². The van der Waals surface area contributed by atoms with E-state index in [1.165, 1.54) is 37.3 Å². The molecule has 0 heterocycles. The van der Waals surface area contributed by atoms with Crippen molar-refractivity contribution in [1.82, 2.24) is 0 Å². The molecule has 0 nitrogen and oxygen atoms in total. The Kier molecular flexibility index (Phi) is 9.28. The summed E-state index contributed by atoms with van der Waals surface area (Å²) in [5.41, 5.74) is 1.71. The minimum atomic E-state index is -4.22. The van der Waals surface area contributed by atoms with Gasteiger partial charge in [0.1, 0.15) is 5.82 Å². The molecule has 0 atom stereocenters. The van der Waals surface area contributed by atoms with Crippen LogP contribution in [0.25, 0.3) is 0 Å². The molecule has 0 spiro atoms. The molecule has 0 radical (unpaired) electrons. The highest BCUT2D eigenvalue weighted by Gasteiger charge is 2.31. The number of hydrogen-bond acceptors (Lipinski definition) is 0. The van der Waals surface area contributed by atoms with Gasteiger partial charge in [-0.15, -0.1) is 0 Å². The van der Waals surface area contributed by atoms with Crippen LogP contribution in [0, 0.1) is 33.5 Å². The molecule has 0 N–H and O–H groups in total. The summed E-state index contributed by atoms with van der Waals surface area (Å²) in [6.45, 7) is 6.85. The number of alkyl halides is 6. The molecular weight excluding hydrogens is 421 g/mol. The molecule has 0 aliphatic carbocycles. The molecule has 168 valence electrons. The fourth-order valence-electron chi connectivity index (χ4n) is 2.63. The van der Waals surface area contributed by atoms with Gasteiger partial charge in [-0.05, 0) is 68.7 Å². The van der Waals surface area contributed by atoms with Crippen LogP contribution in [-0.2, 0) is 12.4 Å². The van der Waals surface area contributed by atoms with E-state index < -0.39 is 23.5 Å². The van der Waals surface area contributed by atoms with Crippen LogP contribution >= 0.6 is 0 Å². The Labute approximate surface area is 177 Å². The van der Waals surface area contributed by atoms with Crippen LogP contribution < -0.4 is 0 Å². The van der Waals surface area contributed by atoms with Crippen LogP contribution in [0.4, 0.5) is 30.7 Å². The molecule has 0 amide bonds. The summed E-state index contributed by atoms with van der Waals surface area (Å²) >= 11 is 0. The largest absolute Gasteiger partial charge is 0.416 e. The summed E-state index contributed by atoms with van der Waals surface area (Å²) in [7, 11) is 0. The summed E-state index contributed by atoms with van der Waals surface area (Å²) in [5.74, 6) is -0.146. The quantitative estimate of drug-likeness (QED) is 0.305. The van der Waals surface area contributed by atoms with Crippen LogP contribution in [0.1, 0.15) is 33.4 Å². The standard InChI is InChI=1S/2C8H7F3.C8H9F/c1-6-3-2-4-7(5-6)8(9,10)11;1-6-4-2-3-5-7(6)8(9,10)11;1-6-3-7(2)5-8(9)4-6/h2*2-5H,1H3;3-5H,1-2H3. The van der Waals surface area contributed by atoms with Crippen LogP contribution in [0.2, 0.25) is 0 Å². The molecule has 3 aromatic carbocycles. The fraction of sp³-hybridized carbons (Fsp3) is 0.250. The van der Waals surface area contributed by atoms with E-state index in [1.807, 2.05) is 19.9 Å². The van der Waals surface area contributed by atoms with E-state index in [4.69, 9.17) is 0 Å². The molecule has 0 aromatic heterocycles. The van der Waals surface area contributed by atoms with Crippen molar-refractivity contribution in [2.75, 3.05) is 0 Å². The first kappa shape index (κ1) is 26.2. The molecule has 0 saturated heterocycles. The minimum absolute atomic E-state index is 0.146. The SMILES string of the molecule is Cc1cc(C)cc(F)c1.Cc1cccc(C(F)(F)F)c1.Cc1ccccc1C(F)(F)F. The second kappa shape index (κ2) is 11.0. The van der Waals surface area contributed by atoms with Crippen LogP contribution in [0.15, 0.2) is 66.7 Å². The van der Waals surface area contributed by atoms with Gasteiger partial charge in [0.15, 0.2) is 0 Å². The van der Waals surface area contributed by atoms with Gasteiger partial charge in [0.25, 0.3) is 0 Å². The van der Waals surface area contributed by atoms with Gasteiger partial charge in [0.05, 0.1) is 11.1 Å². The van der Waals surface area contributed by atoms with Crippen LogP contribution in [0.5, 0.6) is 0 Å². The molecule has 3 rings (SSSR count). The highest BCUT2D eigenvalue weighted by Crippen LogP contribution is 2.31. The van der Waals surface area contributed by atoms with Gasteiger partial charge in [-0.3, -0.25) is 0 Å². The molecule has 0 fully saturated rings. The third-order valence-corrected chi connectivity index (χ3v) is 3.98. The lowest BCUT2D eigenvalue weighted by molar-refractivity contribution is -0.138. The van der Waals surface area contributed by atoms with E-state index in [9.17, 15) is 30.7 Å². The van der Waals surface area contributed by atoms with Gasteiger partial charge in [-0.2, -0.15) is 26.3 Å². The van der Waals surface area contributed by atoms with E-state index in [0.717, 1.165) is 29.3 Å². The highest BCUT2D eigenvalue weighted by atomic mass is 19.4. The van der Waals surface area contributed by atoms with Crippen molar-refractivity contribution in [2.24, 2.45) is 0 Å². The van der Waals surface area contributed by atoms with Crippen molar-refractivity contribution in [2.45, 2.75) is 40.0 Å². The van der Waals surface area contributed by atoms with Crippen molar-refractivity contribution in [3.63, 3.8) is 0 Å². The van der Waals surface area contributed by atoms with Gasteiger partial charge in [-0.1, -0.05) is 48.0 Å². The summed E-state index contributed by atoms with van der Waals surface area (Å²) in [6, 6.07) is 15.7. The maximum absolute atomic E-state index is 12.4. The van der Waals surface area contributed by atoms with E-state index in [1.54, 1.807) is 19.1 Å². The molecule has 31 heavy (non-hydrogen) atoms. The first-order chi connectivity index (χ1) is 14.2. The Balaban J connectivity index is 0.000000234. The lowest BCUT2D eigenvalue weighted by Crippen LogP contribution is -2.06. The average Bonchev–Trinajstić information content (AvgIpc) is 2.60. The Morgan fingerprint density at radius 1 is 0.548 bits per heavy atom. The maximum atomic E-state index is 12.4. The Bertz CT molecular complexity index is 920. The second-order valence-corrected chi connectivity index (χ2v) is 6.99. The Morgan fingerprint density at radius 3 is 1.45 bits per heavy atom. The molecule has 7 heteroatoms. The van der Waals surface area contributed by atoms with E-state index in [-0.39, 0.29) is 11.4 Å². The predicted octanol–water partition coefficient (Wildman–Crippen LogP) is 8.47. The van der Waals surface area contributed by atoms with Gasteiger partial charge in [0, 0.05) is 0 Å². The molecule has 0 saturated carbocycles. The summed E-state index contributed by atoms with van der Waals surface area (Å²) in [4.78, 5) is 0. The lowest BCUT2D eigenvalue weighted by Gasteiger charge is -2.08. The van der Waals surface area contributed by atoms with Crippen LogP contribution in [-0.4, -0.2) is 0 Å². The van der Waals surface area contributed by atoms with Gasteiger partial charge >= 0.3 is 12.4 Å². The van der Waals surface area contributed by atoms with Crippen molar-refractivity contribution in [3.8, 4) is 0 Å². The Morgan fingerprint density at radius 2 is 1.10 bits per heavy atom. The van der Waals surface area contributed by atoms with Gasteiger partial charge in [-0.25, -0.2) is 4.39 Å². The topological polar surface area (TPSA) is 0 Å². The van der Waals surface area contributed by atoms with Crippen molar-refractivity contribution in [3.05, 3.63) is 106 Å². The predicted molar refractivity (Wildman–Crippen MR) is 108 cm³/mol. The third kappa shape index (κ3) is 9.68. The molecule has 0 unspecified atom stereocenters. The minimum Gasteiger partial charge on any atom is -0.207 e. The van der Waals surface area contributed by atoms with Crippen molar-refractivity contribution >= 4 is 0 Å². The van der Waals surface area contributed by atoms with E-state index >= 15 is 0 Å². The lowest BCUT2D eigenvalue weighted by atomic mass is 10.1. The number of aryl methyl sites for hydroxylation is 4. The maximum Gasteiger partial charge on any atom is 0.416 e. The highest BCUT2D eigenvalue weighted by molar-refractivity contribution is 5.28. The average molecular weight is 444 g/mol. The van der Waals surface area contributed by atoms with Crippen molar-refractivity contribution in [1.29, 1.82) is 0 Å². The monoisotopic (exact) mass is 444 g/mol. The first-order valence-electron chi connectivity index (χ1n) is 9.20. The molecular formula is C24H23F7. The zero-order valence-corrected chi connectivity index (χ0v) is 17.5. The molecule has 0 bridgehead atoms. The van der Waals surface area contributed by atoms with Crippen LogP contribution in [0.3, 0.4) is 0 Å². The fourth-order valence-corrected chi connectivity index (χ4v) is 2.63. The number of rotatable bonds is 0. The second-order valence-electron chi connectivity index (χ2n) is 6.99. The molecule has 0 aliphatic rings. The summed E-state index contributed by atoms with van der Waals surface area (Å²) in [5, 5.41) is 0. The van der Waals surface area contributed by atoms with E-state index in [0.29, 0.717) is 5.56 Å². The first-order valence-corrected chi connectivity index (χ1v) is 9.20. The Hall–Kier alpha value is -2.83. The zero-order valence-electron chi connectivity index (χ0n) is 17.5. The number of hydrogen-bond donors (Lipinski definition) is 0. The number of halogens is 7. The molecule has 0 aliphatic heterocycles. The number of benzene rings is 3. The van der Waals surface area contributed by atoms with Gasteiger partial charge in [0.2, 0.25) is 0 Å². The normalized spacial score (nSPS) is 11.1. The zero-order chi connectivity index (χ0) is 23.8. The summed E-state index contributed by atoms with van der Waals surface area (Å²) < 4.78 is 84.5. The smallest absolute Gasteiger partial charge is 0.207 e. The molecule has 3 aromatic rings. The third-order valence-electron chi connectivity index (χ3n) is 3.98. The van der Waals surface area contributed by atoms with Gasteiger partial charge < -0.3 is 0 Å². The summed E-state index contributed by atoms with van der Waals surface area (Å²) in [6.07, 6.45) is -8.43. The van der Waals surface area contributed by atoms with E-state index in [2.05, 4.69) is 0 Å².